The molecule has 0 spiro atoms. The Morgan fingerprint density at radius 3 is 3.00 bits per heavy atom. The highest BCUT2D eigenvalue weighted by Gasteiger charge is 2.01. The van der Waals surface area contributed by atoms with Crippen molar-refractivity contribution < 1.29 is 4.74 Å². The molecule has 0 heterocycles. The first-order chi connectivity index (χ1) is 4.33. The first-order valence-electron chi connectivity index (χ1n) is 2.68. The van der Waals surface area contributed by atoms with Crippen molar-refractivity contribution in [2.75, 3.05) is 7.11 Å². The maximum Gasteiger partial charge on any atom is 0.101 e. The minimum absolute atomic E-state index is 0.725. The van der Waals surface area contributed by atoms with Crippen molar-refractivity contribution in [3.8, 4) is 0 Å². The van der Waals surface area contributed by atoms with E-state index in [9.17, 15) is 0 Å². The summed E-state index contributed by atoms with van der Waals surface area (Å²) in [6, 6.07) is 0. The number of thiocarbonyl (C=S) groups is 1. The molecule has 1 aliphatic carbocycles. The van der Waals surface area contributed by atoms with Crippen LogP contribution in [0.15, 0.2) is 17.9 Å². The fourth-order valence-electron chi connectivity index (χ4n) is 0.636. The van der Waals surface area contributed by atoms with E-state index < -0.39 is 0 Å². The van der Waals surface area contributed by atoms with Gasteiger partial charge in [0.2, 0.25) is 0 Å². The zero-order valence-electron chi connectivity index (χ0n) is 5.18. The third-order valence-corrected chi connectivity index (χ3v) is 1.37. The Morgan fingerprint density at radius 2 is 2.56 bits per heavy atom. The van der Waals surface area contributed by atoms with Gasteiger partial charge in [0.15, 0.2) is 0 Å². The van der Waals surface area contributed by atoms with Gasteiger partial charge in [-0.05, 0) is 18.2 Å². The molecule has 9 heavy (non-hydrogen) atoms. The molecule has 1 aliphatic rings. The molecule has 0 amide bonds. The molecule has 1 nitrogen and oxygen atoms in total. The molecule has 0 atom stereocenters. The van der Waals surface area contributed by atoms with E-state index >= 15 is 0 Å². The average molecular weight is 139 g/mol. The molecule has 0 aromatic carbocycles. The molecule has 2 heteroatoms. The van der Waals surface area contributed by atoms with Crippen molar-refractivity contribution in [1.82, 2.24) is 0 Å². The summed E-state index contributed by atoms with van der Waals surface area (Å²) in [6.07, 6.45) is 7.27. The summed E-state index contributed by atoms with van der Waals surface area (Å²) in [5.74, 6) is 0.916. The van der Waals surface area contributed by atoms with E-state index in [1.54, 1.807) is 13.2 Å². The summed E-state index contributed by atoms with van der Waals surface area (Å²) in [6.45, 7) is 0. The number of rotatable bonds is 1. The Hall–Kier alpha value is -0.630. The van der Waals surface area contributed by atoms with Crippen LogP contribution in [0.25, 0.3) is 0 Å². The molecule has 0 N–H and O–H groups in total. The van der Waals surface area contributed by atoms with Gasteiger partial charge < -0.3 is 4.74 Å². The van der Waals surface area contributed by atoms with Gasteiger partial charge in [-0.25, -0.2) is 0 Å². The maximum atomic E-state index is 4.96. The number of allylic oxidation sites excluding steroid dienone is 4. The van der Waals surface area contributed by atoms with Gasteiger partial charge in [-0.15, -0.1) is 0 Å². The second kappa shape index (κ2) is 2.78. The molecule has 0 aromatic rings. The molecule has 0 fully saturated rings. The van der Waals surface area contributed by atoms with Crippen LogP contribution in [0.4, 0.5) is 0 Å². The normalized spacial score (nSPS) is 17.4. The number of hydrogen-bond donors (Lipinski definition) is 0. The van der Waals surface area contributed by atoms with E-state index in [0.717, 1.165) is 17.0 Å². The monoisotopic (exact) mass is 139 g/mol. The largest absolute Gasteiger partial charge is 0.501 e. The molecule has 47 valence electrons. The predicted octanol–water partition coefficient (Wildman–Crippen LogP) is 1.65. The molecule has 0 saturated heterocycles. The van der Waals surface area contributed by atoms with Gasteiger partial charge in [-0.2, -0.15) is 0 Å². The van der Waals surface area contributed by atoms with Crippen LogP contribution in [0.5, 0.6) is 0 Å². The molecule has 0 bridgehead atoms. The van der Waals surface area contributed by atoms with Gasteiger partial charge in [0.1, 0.15) is 5.76 Å². The number of methoxy groups -OCH3 is 1. The highest BCUT2D eigenvalue weighted by Crippen LogP contribution is 2.08. The third-order valence-electron chi connectivity index (χ3n) is 1.11. The Bertz CT molecular complexity index is 179. The maximum absolute atomic E-state index is 4.96. The van der Waals surface area contributed by atoms with Crippen LogP contribution < -0.4 is 0 Å². The van der Waals surface area contributed by atoms with Crippen molar-refractivity contribution in [1.29, 1.82) is 0 Å². The summed E-state index contributed by atoms with van der Waals surface area (Å²) < 4.78 is 4.96. The lowest BCUT2D eigenvalue weighted by Gasteiger charge is -2.06. The Labute approximate surface area is 60.0 Å². The van der Waals surface area contributed by atoms with Gasteiger partial charge in [-0.3, -0.25) is 0 Å². The van der Waals surface area contributed by atoms with Gasteiger partial charge >= 0.3 is 0 Å². The first kappa shape index (κ1) is 6.49. The molecule has 0 unspecified atom stereocenters. The summed E-state index contributed by atoms with van der Waals surface area (Å²) >= 11 is 4.89. The lowest BCUT2D eigenvalue weighted by atomic mass is 10.2. The third kappa shape index (κ3) is 1.64. The standard InChI is InChI=1S/C7H7OS/c1-8-6-3-2-4-7(9)5-6/h2-3H,5H2,1H3. The second-order valence-corrected chi connectivity index (χ2v) is 2.24. The average Bonchev–Trinajstić information content (AvgIpc) is 1.88. The fourth-order valence-corrected chi connectivity index (χ4v) is 0.846. The highest BCUT2D eigenvalue weighted by molar-refractivity contribution is 7.80. The minimum Gasteiger partial charge on any atom is -0.501 e. The van der Waals surface area contributed by atoms with E-state index in [1.165, 1.54) is 0 Å². The van der Waals surface area contributed by atoms with E-state index in [-0.39, 0.29) is 0 Å². The SMILES string of the molecule is COC1=CC=[C]C(=S)C1. The van der Waals surface area contributed by atoms with E-state index in [4.69, 9.17) is 17.0 Å². The van der Waals surface area contributed by atoms with Gasteiger partial charge in [0.25, 0.3) is 0 Å². The minimum atomic E-state index is 0.725. The van der Waals surface area contributed by atoms with Crippen molar-refractivity contribution in [2.24, 2.45) is 0 Å². The quantitative estimate of drug-likeness (QED) is 0.511. The van der Waals surface area contributed by atoms with Crippen LogP contribution in [0, 0.1) is 6.08 Å². The van der Waals surface area contributed by atoms with Crippen LogP contribution in [0.1, 0.15) is 6.42 Å². The zero-order chi connectivity index (χ0) is 6.69. The van der Waals surface area contributed by atoms with E-state index in [2.05, 4.69) is 6.08 Å². The van der Waals surface area contributed by atoms with Crippen LogP contribution in [-0.2, 0) is 4.74 Å². The fraction of sp³-hybridized carbons (Fsp3) is 0.286. The topological polar surface area (TPSA) is 9.23 Å². The summed E-state index contributed by atoms with van der Waals surface area (Å²) in [4.78, 5) is 0.814. The Balaban J connectivity index is 2.65. The van der Waals surface area contributed by atoms with Gasteiger partial charge in [0.05, 0.1) is 7.11 Å². The van der Waals surface area contributed by atoms with Gasteiger partial charge in [-0.1, -0.05) is 12.2 Å². The first-order valence-corrected chi connectivity index (χ1v) is 3.09. The molecule has 0 saturated carbocycles. The Kier molecular flexibility index (Phi) is 2.01. The van der Waals surface area contributed by atoms with Crippen molar-refractivity contribution in [2.45, 2.75) is 6.42 Å². The van der Waals surface area contributed by atoms with Crippen molar-refractivity contribution in [3.63, 3.8) is 0 Å². The summed E-state index contributed by atoms with van der Waals surface area (Å²) in [5, 5.41) is 0. The van der Waals surface area contributed by atoms with E-state index in [1.807, 2.05) is 6.08 Å². The molecule has 0 aromatic heterocycles. The summed E-state index contributed by atoms with van der Waals surface area (Å²) in [7, 11) is 1.65. The summed E-state index contributed by atoms with van der Waals surface area (Å²) in [5.41, 5.74) is 0. The van der Waals surface area contributed by atoms with Crippen LogP contribution in [0.3, 0.4) is 0 Å². The van der Waals surface area contributed by atoms with Crippen molar-refractivity contribution in [3.05, 3.63) is 24.0 Å². The molecule has 0 aliphatic heterocycles. The van der Waals surface area contributed by atoms with E-state index in [0.29, 0.717) is 0 Å². The van der Waals surface area contributed by atoms with Crippen molar-refractivity contribution >= 4 is 17.1 Å². The lowest BCUT2D eigenvalue weighted by Crippen LogP contribution is -1.98. The van der Waals surface area contributed by atoms with Crippen LogP contribution in [0.2, 0.25) is 0 Å². The smallest absolute Gasteiger partial charge is 0.101 e. The molecule has 1 rings (SSSR count). The molecular weight excluding hydrogens is 132 g/mol. The number of ether oxygens (including phenoxy) is 1. The highest BCUT2D eigenvalue weighted by atomic mass is 32.1. The number of hydrogen-bond acceptors (Lipinski definition) is 2. The van der Waals surface area contributed by atoms with Crippen LogP contribution in [-0.4, -0.2) is 12.0 Å². The second-order valence-electron chi connectivity index (χ2n) is 1.75. The predicted molar refractivity (Wildman–Crippen MR) is 40.1 cm³/mol. The molecular formula is C7H7OS. The van der Waals surface area contributed by atoms with Gasteiger partial charge in [0, 0.05) is 11.3 Å². The zero-order valence-corrected chi connectivity index (χ0v) is 5.99. The molecule has 1 radical (unpaired) electrons. The lowest BCUT2D eigenvalue weighted by molar-refractivity contribution is 0.287. The Morgan fingerprint density at radius 1 is 1.78 bits per heavy atom. The van der Waals surface area contributed by atoms with Crippen LogP contribution >= 0.6 is 12.2 Å².